The van der Waals surface area contributed by atoms with Gasteiger partial charge < -0.3 is 15.1 Å². The Morgan fingerprint density at radius 3 is 2.29 bits per heavy atom. The average Bonchev–Trinajstić information content (AvgIpc) is 2.78. The Hall–Kier alpha value is -1.11. The minimum Gasteiger partial charge on any atom is -0.363 e. The summed E-state index contributed by atoms with van der Waals surface area (Å²) in [4.78, 5) is 7.22. The van der Waals surface area contributed by atoms with Crippen LogP contribution in [0.5, 0.6) is 0 Å². The van der Waals surface area contributed by atoms with Gasteiger partial charge in [-0.3, -0.25) is 9.58 Å². The zero-order valence-corrected chi connectivity index (χ0v) is 16.6. The van der Waals surface area contributed by atoms with Gasteiger partial charge in [-0.25, -0.2) is 0 Å². The van der Waals surface area contributed by atoms with Gasteiger partial charge in [0, 0.05) is 72.0 Å². The molecule has 0 saturated carbocycles. The monoisotopic (exact) mass is 336 g/mol. The number of aromatic nitrogens is 2. The summed E-state index contributed by atoms with van der Waals surface area (Å²) in [7, 11) is 8.41. The molecule has 1 aliphatic heterocycles. The van der Waals surface area contributed by atoms with E-state index in [1.165, 1.54) is 37.6 Å². The van der Waals surface area contributed by atoms with Crippen molar-refractivity contribution in [2.75, 3.05) is 58.8 Å². The largest absolute Gasteiger partial charge is 0.363 e. The number of rotatable bonds is 7. The van der Waals surface area contributed by atoms with E-state index < -0.39 is 0 Å². The van der Waals surface area contributed by atoms with E-state index in [9.17, 15) is 0 Å². The molecule has 6 nitrogen and oxygen atoms in total. The van der Waals surface area contributed by atoms with Crippen LogP contribution in [0.1, 0.15) is 25.1 Å². The molecular formula is C18H36N6. The fraction of sp³-hybridized carbons (Fsp3) is 0.833. The second kappa shape index (κ2) is 8.32. The van der Waals surface area contributed by atoms with Crippen molar-refractivity contribution in [2.45, 2.75) is 33.4 Å². The van der Waals surface area contributed by atoms with Crippen molar-refractivity contribution < 1.29 is 0 Å². The first-order valence-corrected chi connectivity index (χ1v) is 9.14. The molecule has 0 unspecified atom stereocenters. The molecule has 0 bridgehead atoms. The number of likely N-dealkylation sites (N-methyl/N-ethyl adjacent to an activating group) is 1. The first-order chi connectivity index (χ1) is 11.3. The Labute approximate surface area is 147 Å². The van der Waals surface area contributed by atoms with Gasteiger partial charge in [0.05, 0.1) is 5.69 Å². The van der Waals surface area contributed by atoms with Crippen LogP contribution in [-0.2, 0) is 13.6 Å². The van der Waals surface area contributed by atoms with Crippen molar-refractivity contribution in [3.8, 4) is 0 Å². The van der Waals surface area contributed by atoms with E-state index in [0.29, 0.717) is 12.0 Å². The SMILES string of the molecule is Cc1nn(C)c(N(C)C)c1CNC[C@@H](C(C)C)N1CCN(C)CC1. The molecule has 2 heterocycles. The molecule has 1 fully saturated rings. The van der Waals surface area contributed by atoms with Crippen LogP contribution in [0.15, 0.2) is 0 Å². The third kappa shape index (κ3) is 4.49. The smallest absolute Gasteiger partial charge is 0.130 e. The summed E-state index contributed by atoms with van der Waals surface area (Å²) in [5.74, 6) is 1.85. The summed E-state index contributed by atoms with van der Waals surface area (Å²) in [6, 6.07) is 0.596. The molecule has 0 radical (unpaired) electrons. The second-order valence-electron chi connectivity index (χ2n) is 7.69. The van der Waals surface area contributed by atoms with Crippen molar-refractivity contribution in [1.82, 2.24) is 24.9 Å². The van der Waals surface area contributed by atoms with E-state index in [1.54, 1.807) is 0 Å². The molecule has 24 heavy (non-hydrogen) atoms. The maximum atomic E-state index is 4.58. The van der Waals surface area contributed by atoms with Crippen LogP contribution in [-0.4, -0.2) is 79.5 Å². The Morgan fingerprint density at radius 2 is 1.75 bits per heavy atom. The maximum absolute atomic E-state index is 4.58. The highest BCUT2D eigenvalue weighted by Gasteiger charge is 2.25. The van der Waals surface area contributed by atoms with Crippen LogP contribution in [0.4, 0.5) is 5.82 Å². The van der Waals surface area contributed by atoms with Gasteiger partial charge in [-0.2, -0.15) is 5.10 Å². The summed E-state index contributed by atoms with van der Waals surface area (Å²) in [6.45, 7) is 13.4. The molecule has 2 rings (SSSR count). The van der Waals surface area contributed by atoms with Gasteiger partial charge in [0.25, 0.3) is 0 Å². The molecule has 1 aliphatic rings. The summed E-state index contributed by atoms with van der Waals surface area (Å²) in [5, 5.41) is 8.29. The molecule has 0 aromatic carbocycles. The number of hydrogen-bond donors (Lipinski definition) is 1. The van der Waals surface area contributed by atoms with Crippen LogP contribution in [0, 0.1) is 12.8 Å². The molecular weight excluding hydrogens is 300 g/mol. The Morgan fingerprint density at radius 1 is 1.12 bits per heavy atom. The number of nitrogens with one attached hydrogen (secondary N) is 1. The number of piperazine rings is 1. The quantitative estimate of drug-likeness (QED) is 0.809. The minimum absolute atomic E-state index is 0.596. The lowest BCUT2D eigenvalue weighted by Gasteiger charge is -2.40. The number of hydrogen-bond acceptors (Lipinski definition) is 5. The van der Waals surface area contributed by atoms with Gasteiger partial charge in [0.1, 0.15) is 5.82 Å². The van der Waals surface area contributed by atoms with Crippen molar-refractivity contribution in [3.63, 3.8) is 0 Å². The van der Waals surface area contributed by atoms with Crippen LogP contribution in [0.3, 0.4) is 0 Å². The lowest BCUT2D eigenvalue weighted by Crippen LogP contribution is -2.53. The third-order valence-electron chi connectivity index (χ3n) is 5.17. The zero-order valence-electron chi connectivity index (χ0n) is 16.6. The van der Waals surface area contributed by atoms with Crippen molar-refractivity contribution in [3.05, 3.63) is 11.3 Å². The second-order valence-corrected chi connectivity index (χ2v) is 7.69. The third-order valence-corrected chi connectivity index (χ3v) is 5.17. The summed E-state index contributed by atoms with van der Waals surface area (Å²) < 4.78 is 1.98. The van der Waals surface area contributed by atoms with E-state index in [1.807, 2.05) is 11.7 Å². The van der Waals surface area contributed by atoms with E-state index in [0.717, 1.165) is 18.8 Å². The predicted octanol–water partition coefficient (Wildman–Crippen LogP) is 1.16. The summed E-state index contributed by atoms with van der Waals surface area (Å²) in [5.41, 5.74) is 2.43. The molecule has 1 atom stereocenters. The molecule has 6 heteroatoms. The van der Waals surface area contributed by atoms with E-state index >= 15 is 0 Å². The Balaban J connectivity index is 1.96. The lowest BCUT2D eigenvalue weighted by molar-refractivity contribution is 0.0875. The summed E-state index contributed by atoms with van der Waals surface area (Å²) in [6.07, 6.45) is 0. The highest BCUT2D eigenvalue weighted by Crippen LogP contribution is 2.21. The highest BCUT2D eigenvalue weighted by molar-refractivity contribution is 5.48. The topological polar surface area (TPSA) is 39.6 Å². The predicted molar refractivity (Wildman–Crippen MR) is 102 cm³/mol. The van der Waals surface area contributed by atoms with E-state index in [4.69, 9.17) is 0 Å². The van der Waals surface area contributed by atoms with E-state index in [-0.39, 0.29) is 0 Å². The van der Waals surface area contributed by atoms with Gasteiger partial charge in [-0.1, -0.05) is 13.8 Å². The van der Waals surface area contributed by atoms with Gasteiger partial charge in [-0.15, -0.1) is 0 Å². The van der Waals surface area contributed by atoms with Crippen molar-refractivity contribution in [1.29, 1.82) is 0 Å². The molecule has 138 valence electrons. The molecule has 0 aliphatic carbocycles. The lowest BCUT2D eigenvalue weighted by atomic mass is 10.0. The number of nitrogens with zero attached hydrogens (tertiary/aromatic N) is 5. The van der Waals surface area contributed by atoms with Crippen LogP contribution in [0.2, 0.25) is 0 Å². The first kappa shape index (κ1) is 19.2. The molecule has 0 amide bonds. The highest BCUT2D eigenvalue weighted by atomic mass is 15.4. The van der Waals surface area contributed by atoms with Gasteiger partial charge in [0.15, 0.2) is 0 Å². The van der Waals surface area contributed by atoms with Crippen LogP contribution in [0.25, 0.3) is 0 Å². The van der Waals surface area contributed by atoms with Gasteiger partial charge in [-0.05, 0) is 19.9 Å². The number of aryl methyl sites for hydroxylation is 2. The molecule has 0 spiro atoms. The fourth-order valence-corrected chi connectivity index (χ4v) is 3.74. The normalized spacial score (nSPS) is 18.3. The molecule has 1 N–H and O–H groups in total. The van der Waals surface area contributed by atoms with Crippen molar-refractivity contribution >= 4 is 5.82 Å². The summed E-state index contributed by atoms with van der Waals surface area (Å²) >= 11 is 0. The van der Waals surface area contributed by atoms with E-state index in [2.05, 4.69) is 67.0 Å². The maximum Gasteiger partial charge on any atom is 0.130 e. The molecule has 1 aromatic rings. The molecule has 1 aromatic heterocycles. The zero-order chi connectivity index (χ0) is 17.9. The van der Waals surface area contributed by atoms with Gasteiger partial charge in [0.2, 0.25) is 0 Å². The molecule has 1 saturated heterocycles. The van der Waals surface area contributed by atoms with Crippen LogP contribution < -0.4 is 10.2 Å². The van der Waals surface area contributed by atoms with Gasteiger partial charge >= 0.3 is 0 Å². The fourth-order valence-electron chi connectivity index (χ4n) is 3.74. The van der Waals surface area contributed by atoms with Crippen LogP contribution >= 0.6 is 0 Å². The number of anilines is 1. The minimum atomic E-state index is 0.596. The standard InChI is InChI=1S/C18H36N6/c1-14(2)17(24-10-8-22(6)9-11-24)13-19-12-16-15(3)20-23(7)18(16)21(4)5/h14,17,19H,8-13H2,1-7H3/t17-/m0/s1. The Bertz CT molecular complexity index is 514. The Kier molecular flexibility index (Phi) is 6.66. The first-order valence-electron chi connectivity index (χ1n) is 9.14. The van der Waals surface area contributed by atoms with Crippen molar-refractivity contribution in [2.24, 2.45) is 13.0 Å². The average molecular weight is 337 g/mol.